The molecule has 4 nitrogen and oxygen atoms in total. The molecule has 0 aromatic heterocycles. The molecule has 1 aliphatic heterocycles. The molecule has 2 aromatic rings. The molecule has 1 atom stereocenters. The maximum Gasteiger partial charge on any atom is 0.303 e. The Kier molecular flexibility index (Phi) is 6.70. The molecule has 0 spiro atoms. The largest absolute Gasteiger partial charge is 0.481 e. The first-order valence-corrected chi connectivity index (χ1v) is 11.0. The molecule has 0 amide bonds. The van der Waals surface area contributed by atoms with Gasteiger partial charge in [0.2, 0.25) is 0 Å². The second-order valence-corrected chi connectivity index (χ2v) is 8.34. The third-order valence-corrected chi connectivity index (χ3v) is 6.04. The van der Waals surface area contributed by atoms with E-state index in [1.807, 2.05) is 12.1 Å². The van der Waals surface area contributed by atoms with Gasteiger partial charge in [-0.05, 0) is 54.5 Å². The maximum atomic E-state index is 14.4. The Labute approximate surface area is 183 Å². The van der Waals surface area contributed by atoms with Gasteiger partial charge < -0.3 is 15.3 Å². The molecule has 2 aliphatic rings. The lowest BCUT2D eigenvalue weighted by Gasteiger charge is -2.34. The van der Waals surface area contributed by atoms with Gasteiger partial charge in [-0.1, -0.05) is 48.5 Å². The smallest absolute Gasteiger partial charge is 0.303 e. The summed E-state index contributed by atoms with van der Waals surface area (Å²) in [5.41, 5.74) is 5.53. The maximum absolute atomic E-state index is 14.4. The van der Waals surface area contributed by atoms with Crippen molar-refractivity contribution in [3.63, 3.8) is 0 Å². The Morgan fingerprint density at radius 1 is 1.16 bits per heavy atom. The monoisotopic (exact) mass is 420 g/mol. The fourth-order valence-corrected chi connectivity index (χ4v) is 4.46. The number of hydrogen-bond donors (Lipinski definition) is 2. The van der Waals surface area contributed by atoms with E-state index in [0.29, 0.717) is 12.1 Å². The molecule has 2 aromatic carbocycles. The minimum atomic E-state index is -0.897. The zero-order valence-corrected chi connectivity index (χ0v) is 17.7. The van der Waals surface area contributed by atoms with Crippen molar-refractivity contribution in [2.75, 3.05) is 23.3 Å². The SMILES string of the molecule is O=C(O)CCC1=CCC(CNc2cccc3c2N(Cc2ccccc2)CCC3)C=C1F. The number of fused-ring (bicyclic) bond motifs is 1. The van der Waals surface area contributed by atoms with Crippen molar-refractivity contribution < 1.29 is 14.3 Å². The van der Waals surface area contributed by atoms with Gasteiger partial charge in [-0.25, -0.2) is 4.39 Å². The number of rotatable bonds is 8. The average Bonchev–Trinajstić information content (AvgIpc) is 2.77. The number of aliphatic carboxylic acids is 1. The lowest BCUT2D eigenvalue weighted by atomic mass is 9.93. The van der Waals surface area contributed by atoms with Crippen LogP contribution in [-0.2, 0) is 17.8 Å². The van der Waals surface area contributed by atoms with Crippen molar-refractivity contribution >= 4 is 17.3 Å². The number of para-hydroxylation sites is 1. The van der Waals surface area contributed by atoms with Gasteiger partial charge in [0.15, 0.2) is 0 Å². The molecule has 0 saturated carbocycles. The summed E-state index contributed by atoms with van der Waals surface area (Å²) >= 11 is 0. The van der Waals surface area contributed by atoms with Crippen LogP contribution in [0, 0.1) is 5.92 Å². The summed E-state index contributed by atoms with van der Waals surface area (Å²) in [6, 6.07) is 16.9. The quantitative estimate of drug-likeness (QED) is 0.574. The fraction of sp³-hybridized carbons (Fsp3) is 0.346. The number of anilines is 2. The van der Waals surface area contributed by atoms with Crippen LogP contribution in [-0.4, -0.2) is 24.2 Å². The Morgan fingerprint density at radius 2 is 2.00 bits per heavy atom. The second-order valence-electron chi connectivity index (χ2n) is 8.34. The molecular formula is C26H29FN2O2. The van der Waals surface area contributed by atoms with Crippen LogP contribution < -0.4 is 10.2 Å². The van der Waals surface area contributed by atoms with Crippen LogP contribution in [0.1, 0.15) is 36.8 Å². The Hall–Kier alpha value is -3.08. The van der Waals surface area contributed by atoms with Crippen LogP contribution >= 0.6 is 0 Å². The van der Waals surface area contributed by atoms with Crippen LogP contribution in [0.5, 0.6) is 0 Å². The molecule has 2 N–H and O–H groups in total. The van der Waals surface area contributed by atoms with Gasteiger partial charge in [-0.3, -0.25) is 4.79 Å². The van der Waals surface area contributed by atoms with Gasteiger partial charge in [-0.15, -0.1) is 0 Å². The van der Waals surface area contributed by atoms with E-state index in [4.69, 9.17) is 5.11 Å². The van der Waals surface area contributed by atoms with E-state index in [1.54, 1.807) is 6.08 Å². The number of nitrogens with one attached hydrogen (secondary N) is 1. The first-order valence-electron chi connectivity index (χ1n) is 11.0. The molecule has 0 bridgehead atoms. The molecule has 1 unspecified atom stereocenters. The first-order chi connectivity index (χ1) is 15.1. The summed E-state index contributed by atoms with van der Waals surface area (Å²) in [6.45, 7) is 2.54. The summed E-state index contributed by atoms with van der Waals surface area (Å²) in [7, 11) is 0. The van der Waals surface area contributed by atoms with E-state index in [2.05, 4.69) is 52.7 Å². The summed E-state index contributed by atoms with van der Waals surface area (Å²) in [5, 5.41) is 12.4. The summed E-state index contributed by atoms with van der Waals surface area (Å²) in [5.74, 6) is -1.12. The van der Waals surface area contributed by atoms with Crippen molar-refractivity contribution in [2.24, 2.45) is 5.92 Å². The van der Waals surface area contributed by atoms with Crippen LogP contribution in [0.4, 0.5) is 15.8 Å². The van der Waals surface area contributed by atoms with Gasteiger partial charge in [0.05, 0.1) is 11.4 Å². The molecule has 1 aliphatic carbocycles. The summed E-state index contributed by atoms with van der Waals surface area (Å²) in [6.07, 6.45) is 6.64. The van der Waals surface area contributed by atoms with Crippen molar-refractivity contribution in [1.82, 2.24) is 0 Å². The average molecular weight is 421 g/mol. The molecule has 31 heavy (non-hydrogen) atoms. The van der Waals surface area contributed by atoms with Crippen molar-refractivity contribution in [3.05, 3.63) is 83.2 Å². The van der Waals surface area contributed by atoms with Crippen LogP contribution in [0.2, 0.25) is 0 Å². The highest BCUT2D eigenvalue weighted by Gasteiger charge is 2.22. The number of allylic oxidation sites excluding steroid dienone is 3. The molecule has 5 heteroatoms. The highest BCUT2D eigenvalue weighted by Crippen LogP contribution is 2.36. The minimum Gasteiger partial charge on any atom is -0.481 e. The third kappa shape index (κ3) is 5.35. The molecule has 0 radical (unpaired) electrons. The topological polar surface area (TPSA) is 52.6 Å². The van der Waals surface area contributed by atoms with Crippen LogP contribution in [0.15, 0.2) is 72.1 Å². The normalized spacial score (nSPS) is 18.1. The Bertz CT molecular complexity index is 984. The van der Waals surface area contributed by atoms with Gasteiger partial charge in [0.25, 0.3) is 0 Å². The number of aryl methyl sites for hydroxylation is 1. The molecular weight excluding hydrogens is 391 g/mol. The molecule has 0 fully saturated rings. The Balaban J connectivity index is 1.44. The highest BCUT2D eigenvalue weighted by molar-refractivity contribution is 5.75. The van der Waals surface area contributed by atoms with E-state index >= 15 is 0 Å². The third-order valence-electron chi connectivity index (χ3n) is 6.04. The number of nitrogens with zero attached hydrogens (tertiary/aromatic N) is 1. The predicted molar refractivity (Wildman–Crippen MR) is 123 cm³/mol. The Morgan fingerprint density at radius 3 is 2.77 bits per heavy atom. The van der Waals surface area contributed by atoms with E-state index < -0.39 is 5.97 Å². The number of benzene rings is 2. The molecule has 162 valence electrons. The van der Waals surface area contributed by atoms with Crippen LogP contribution in [0.25, 0.3) is 0 Å². The zero-order chi connectivity index (χ0) is 21.6. The van der Waals surface area contributed by atoms with Gasteiger partial charge in [0.1, 0.15) is 5.83 Å². The van der Waals surface area contributed by atoms with Crippen molar-refractivity contribution in [1.29, 1.82) is 0 Å². The van der Waals surface area contributed by atoms with Gasteiger partial charge in [-0.2, -0.15) is 0 Å². The van der Waals surface area contributed by atoms with E-state index in [1.165, 1.54) is 16.8 Å². The number of carboxylic acids is 1. The minimum absolute atomic E-state index is 0.0383. The second kappa shape index (κ2) is 9.82. The first kappa shape index (κ1) is 21.2. The number of halogens is 1. The van der Waals surface area contributed by atoms with E-state index in [9.17, 15) is 9.18 Å². The predicted octanol–water partition coefficient (Wildman–Crippen LogP) is 5.72. The molecule has 0 saturated heterocycles. The zero-order valence-electron chi connectivity index (χ0n) is 17.7. The van der Waals surface area contributed by atoms with E-state index in [0.717, 1.165) is 38.0 Å². The number of hydrogen-bond acceptors (Lipinski definition) is 3. The van der Waals surface area contributed by atoms with Crippen LogP contribution in [0.3, 0.4) is 0 Å². The lowest BCUT2D eigenvalue weighted by molar-refractivity contribution is -0.136. The van der Waals surface area contributed by atoms with Gasteiger partial charge in [0, 0.05) is 32.0 Å². The molecule has 1 heterocycles. The number of carboxylic acid groups (broad SMARTS) is 1. The summed E-state index contributed by atoms with van der Waals surface area (Å²) < 4.78 is 14.4. The van der Waals surface area contributed by atoms with Crippen molar-refractivity contribution in [2.45, 2.75) is 38.6 Å². The lowest BCUT2D eigenvalue weighted by Crippen LogP contribution is -2.30. The summed E-state index contributed by atoms with van der Waals surface area (Å²) in [4.78, 5) is 13.2. The highest BCUT2D eigenvalue weighted by atomic mass is 19.1. The standard InChI is InChI=1S/C26H29FN2O2/c27-23-16-20(11-12-21(23)13-14-25(30)31)17-28-24-10-4-8-22-9-5-15-29(26(22)24)18-19-6-2-1-3-7-19/h1-4,6-8,10,12,16,20,28H,5,9,11,13-15,17-18H2,(H,30,31). The van der Waals surface area contributed by atoms with E-state index in [-0.39, 0.29) is 24.6 Å². The van der Waals surface area contributed by atoms with Gasteiger partial charge >= 0.3 is 5.97 Å². The molecule has 4 rings (SSSR count). The van der Waals surface area contributed by atoms with Crippen molar-refractivity contribution in [3.8, 4) is 0 Å². The fourth-order valence-electron chi connectivity index (χ4n) is 4.46. The number of carbonyl (C=O) groups is 1.